The summed E-state index contributed by atoms with van der Waals surface area (Å²) in [5, 5.41) is 0. The number of ether oxygens (including phenoxy) is 1. The van der Waals surface area contributed by atoms with Crippen molar-refractivity contribution in [2.45, 2.75) is 20.0 Å². The number of ketones is 1. The van der Waals surface area contributed by atoms with Crippen molar-refractivity contribution in [3.63, 3.8) is 0 Å². The van der Waals surface area contributed by atoms with E-state index in [-0.39, 0.29) is 6.29 Å². The largest absolute Gasteiger partial charge is 0.371 e. The molecular formula is C6H12O6S. The van der Waals surface area contributed by atoms with E-state index < -0.39 is 23.2 Å². The number of carbonyl (C=O) groups is 2. The molecule has 0 aromatic heterocycles. The first-order valence-electron chi connectivity index (χ1n) is 3.36. The standard InChI is InChI=1S/C6H10O3.H2O3S/c1-3-9-5(2)6(8)4-7;1-4(2)3/h4-5H,3H2,1-2H3;(H2,1,2,3). The third-order valence-electron chi connectivity index (χ3n) is 0.933. The number of aldehydes is 1. The molecule has 7 heteroatoms. The molecule has 0 aromatic rings. The number of hydrogen-bond donors (Lipinski definition) is 2. The van der Waals surface area contributed by atoms with Crippen molar-refractivity contribution in [1.82, 2.24) is 0 Å². The third-order valence-corrected chi connectivity index (χ3v) is 0.933. The zero-order valence-corrected chi connectivity index (χ0v) is 8.11. The normalized spacial score (nSPS) is 11.5. The lowest BCUT2D eigenvalue weighted by atomic mass is 10.3. The van der Waals surface area contributed by atoms with Crippen molar-refractivity contribution in [3.8, 4) is 0 Å². The Labute approximate surface area is 78.4 Å². The Morgan fingerprint density at radius 1 is 1.62 bits per heavy atom. The van der Waals surface area contributed by atoms with E-state index in [0.717, 1.165) is 0 Å². The van der Waals surface area contributed by atoms with Gasteiger partial charge in [-0.2, -0.15) is 4.21 Å². The summed E-state index contributed by atoms with van der Waals surface area (Å²) in [6.45, 7) is 3.79. The van der Waals surface area contributed by atoms with Gasteiger partial charge in [-0.1, -0.05) is 0 Å². The van der Waals surface area contributed by atoms with Crippen molar-refractivity contribution in [1.29, 1.82) is 0 Å². The van der Waals surface area contributed by atoms with Gasteiger partial charge in [0.15, 0.2) is 6.29 Å². The molecule has 1 unspecified atom stereocenters. The topological polar surface area (TPSA) is 101 Å². The molecule has 2 N–H and O–H groups in total. The molecule has 78 valence electrons. The van der Waals surface area contributed by atoms with E-state index >= 15 is 0 Å². The minimum atomic E-state index is -2.61. The minimum Gasteiger partial charge on any atom is -0.371 e. The lowest BCUT2D eigenvalue weighted by molar-refractivity contribution is -0.137. The predicted molar refractivity (Wildman–Crippen MR) is 45.6 cm³/mol. The SMILES string of the molecule is CCOC(C)C(=O)C=O.O=S(O)O. The first-order chi connectivity index (χ1) is 5.95. The summed E-state index contributed by atoms with van der Waals surface area (Å²) >= 11 is -2.61. The molecule has 0 radical (unpaired) electrons. The van der Waals surface area contributed by atoms with Crippen molar-refractivity contribution < 1.29 is 27.6 Å². The van der Waals surface area contributed by atoms with Crippen molar-refractivity contribution in [2.75, 3.05) is 6.61 Å². The van der Waals surface area contributed by atoms with Crippen LogP contribution in [0.5, 0.6) is 0 Å². The zero-order valence-electron chi connectivity index (χ0n) is 7.30. The summed E-state index contributed by atoms with van der Waals surface area (Å²) in [7, 11) is 0. The van der Waals surface area contributed by atoms with Crippen LogP contribution in [0.1, 0.15) is 13.8 Å². The maximum atomic E-state index is 10.4. The number of Topliss-reactive ketones (excluding diaryl/α,β-unsaturated/α-hetero) is 1. The second-order valence-electron chi connectivity index (χ2n) is 1.85. The van der Waals surface area contributed by atoms with Crippen molar-refractivity contribution in [2.24, 2.45) is 0 Å². The smallest absolute Gasteiger partial charge is 0.299 e. The first-order valence-corrected chi connectivity index (χ1v) is 4.42. The summed E-state index contributed by atoms with van der Waals surface area (Å²) in [6, 6.07) is 0. The van der Waals surface area contributed by atoms with Crippen molar-refractivity contribution in [3.05, 3.63) is 0 Å². The Morgan fingerprint density at radius 3 is 2.23 bits per heavy atom. The average Bonchev–Trinajstić information content (AvgIpc) is 2.02. The summed E-state index contributed by atoms with van der Waals surface area (Å²) in [6.07, 6.45) is -0.298. The van der Waals surface area contributed by atoms with Crippen LogP contribution in [-0.2, 0) is 25.7 Å². The van der Waals surface area contributed by atoms with E-state index in [2.05, 4.69) is 0 Å². The fourth-order valence-corrected chi connectivity index (χ4v) is 0.428. The fourth-order valence-electron chi connectivity index (χ4n) is 0.428. The quantitative estimate of drug-likeness (QED) is 0.382. The fraction of sp³-hybridized carbons (Fsp3) is 0.667. The van der Waals surface area contributed by atoms with Gasteiger partial charge in [-0.05, 0) is 13.8 Å². The monoisotopic (exact) mass is 212 g/mol. The highest BCUT2D eigenvalue weighted by molar-refractivity contribution is 7.73. The van der Waals surface area contributed by atoms with Crippen LogP contribution in [0.25, 0.3) is 0 Å². The van der Waals surface area contributed by atoms with E-state index in [1.54, 1.807) is 13.8 Å². The molecule has 0 rings (SSSR count). The molecule has 0 spiro atoms. The predicted octanol–water partition coefficient (Wildman–Crippen LogP) is -0.140. The Hall–Kier alpha value is -0.630. The molecule has 0 bridgehead atoms. The van der Waals surface area contributed by atoms with Gasteiger partial charge in [-0.25, -0.2) is 0 Å². The highest BCUT2D eigenvalue weighted by atomic mass is 32.2. The maximum Gasteiger partial charge on any atom is 0.299 e. The number of rotatable bonds is 4. The van der Waals surface area contributed by atoms with Gasteiger partial charge >= 0.3 is 0 Å². The van der Waals surface area contributed by atoms with Crippen LogP contribution in [0.3, 0.4) is 0 Å². The first kappa shape index (κ1) is 14.9. The molecule has 0 saturated carbocycles. The average molecular weight is 212 g/mol. The van der Waals surface area contributed by atoms with E-state index in [4.69, 9.17) is 18.1 Å². The Morgan fingerprint density at radius 2 is 2.00 bits per heavy atom. The maximum absolute atomic E-state index is 10.4. The van der Waals surface area contributed by atoms with Gasteiger partial charge in [0.25, 0.3) is 11.4 Å². The van der Waals surface area contributed by atoms with E-state index in [0.29, 0.717) is 6.61 Å². The van der Waals surface area contributed by atoms with Crippen molar-refractivity contribution >= 4 is 23.4 Å². The summed E-state index contributed by atoms with van der Waals surface area (Å²) < 4.78 is 27.6. The van der Waals surface area contributed by atoms with Gasteiger partial charge in [0.1, 0.15) is 6.10 Å². The van der Waals surface area contributed by atoms with E-state index in [9.17, 15) is 9.59 Å². The molecule has 1 atom stereocenters. The third kappa shape index (κ3) is 14.2. The lowest BCUT2D eigenvalue weighted by Gasteiger charge is -2.03. The molecule has 0 aliphatic heterocycles. The van der Waals surface area contributed by atoms with E-state index in [1.165, 1.54) is 0 Å². The minimum absolute atomic E-state index is 0.278. The Balaban J connectivity index is 0. The highest BCUT2D eigenvalue weighted by Crippen LogP contribution is 1.88. The van der Waals surface area contributed by atoms with Gasteiger partial charge in [-0.15, -0.1) is 0 Å². The molecule has 0 heterocycles. The molecule has 0 aromatic carbocycles. The van der Waals surface area contributed by atoms with Crippen LogP contribution in [0.4, 0.5) is 0 Å². The van der Waals surface area contributed by atoms with Crippen LogP contribution < -0.4 is 0 Å². The molecule has 0 aliphatic rings. The second-order valence-corrected chi connectivity index (χ2v) is 2.31. The van der Waals surface area contributed by atoms with Gasteiger partial charge in [0.2, 0.25) is 5.78 Å². The van der Waals surface area contributed by atoms with Crippen LogP contribution in [0.15, 0.2) is 0 Å². The van der Waals surface area contributed by atoms with Gasteiger partial charge in [0, 0.05) is 6.61 Å². The number of hydrogen-bond acceptors (Lipinski definition) is 4. The van der Waals surface area contributed by atoms with Gasteiger partial charge in [-0.3, -0.25) is 18.7 Å². The van der Waals surface area contributed by atoms with Crippen LogP contribution in [0, 0.1) is 0 Å². The summed E-state index contributed by atoms with van der Waals surface area (Å²) in [5.74, 6) is -0.503. The van der Waals surface area contributed by atoms with Crippen LogP contribution in [-0.4, -0.2) is 38.1 Å². The van der Waals surface area contributed by atoms with Crippen LogP contribution >= 0.6 is 0 Å². The molecule has 0 fully saturated rings. The zero-order chi connectivity index (χ0) is 10.9. The van der Waals surface area contributed by atoms with Gasteiger partial charge < -0.3 is 4.74 Å². The summed E-state index contributed by atoms with van der Waals surface area (Å²) in [4.78, 5) is 20.2. The molecule has 0 aliphatic carbocycles. The Kier molecular flexibility index (Phi) is 10.8. The Bertz CT molecular complexity index is 176. The molecular weight excluding hydrogens is 200 g/mol. The molecule has 13 heavy (non-hydrogen) atoms. The lowest BCUT2D eigenvalue weighted by Crippen LogP contribution is -2.21. The van der Waals surface area contributed by atoms with Gasteiger partial charge in [0.05, 0.1) is 0 Å². The molecule has 6 nitrogen and oxygen atoms in total. The number of carbonyl (C=O) groups excluding carboxylic acids is 2. The molecule has 0 amide bonds. The second kappa shape index (κ2) is 9.46. The van der Waals surface area contributed by atoms with E-state index in [1.807, 2.05) is 0 Å². The molecule has 0 saturated heterocycles. The highest BCUT2D eigenvalue weighted by Gasteiger charge is 2.09. The summed E-state index contributed by atoms with van der Waals surface area (Å²) in [5.41, 5.74) is 0. The van der Waals surface area contributed by atoms with Crippen LogP contribution in [0.2, 0.25) is 0 Å².